The molecule has 0 fully saturated rings. The second-order valence-corrected chi connectivity index (χ2v) is 7.59. The molecule has 0 atom stereocenters. The fourth-order valence-electron chi connectivity index (χ4n) is 3.15. The van der Waals surface area contributed by atoms with Crippen LogP contribution >= 0.6 is 23.2 Å². The molecule has 0 saturated heterocycles. The van der Waals surface area contributed by atoms with E-state index in [0.717, 1.165) is 16.6 Å². The number of rotatable bonds is 3. The molecule has 3 rings (SSSR count). The average molecular weight is 431 g/mol. The second kappa shape index (κ2) is 8.27. The molecule has 1 heterocycles. The number of nitrogens with zero attached hydrogens (tertiary/aromatic N) is 3. The van der Waals surface area contributed by atoms with E-state index in [1.807, 2.05) is 13.0 Å². The van der Waals surface area contributed by atoms with E-state index in [2.05, 4.69) is 10.3 Å². The summed E-state index contributed by atoms with van der Waals surface area (Å²) in [4.78, 5) is 32.8. The monoisotopic (exact) mass is 430 g/mol. The van der Waals surface area contributed by atoms with Crippen molar-refractivity contribution in [1.82, 2.24) is 9.88 Å². The summed E-state index contributed by atoms with van der Waals surface area (Å²) >= 11 is 12.3. The first kappa shape index (κ1) is 20.9. The van der Waals surface area contributed by atoms with Crippen molar-refractivity contribution in [2.45, 2.75) is 6.92 Å². The number of para-hydroxylation sites is 1. The molecular weight excluding hydrogens is 411 g/mol. The van der Waals surface area contributed by atoms with Crippen molar-refractivity contribution < 1.29 is 9.59 Å². The first-order chi connectivity index (χ1) is 13.7. The Labute approximate surface area is 179 Å². The number of fused-ring (bicyclic) bond motifs is 1. The number of anilines is 2. The Hall–Kier alpha value is -2.83. The number of carbonyl (C=O) groups is 2. The third kappa shape index (κ3) is 3.99. The fraction of sp³-hybridized carbons (Fsp3) is 0.190. The van der Waals surface area contributed by atoms with Crippen molar-refractivity contribution in [2.24, 2.45) is 0 Å². The summed E-state index contributed by atoms with van der Waals surface area (Å²) in [5.74, 6) is -0.435. The van der Waals surface area contributed by atoms with Gasteiger partial charge < -0.3 is 10.2 Å². The van der Waals surface area contributed by atoms with Crippen molar-refractivity contribution in [3.05, 3.63) is 63.8 Å². The van der Waals surface area contributed by atoms with Gasteiger partial charge in [0.15, 0.2) is 0 Å². The molecule has 8 heteroatoms. The number of aryl methyl sites for hydroxylation is 1. The van der Waals surface area contributed by atoms with Crippen molar-refractivity contribution in [3.63, 3.8) is 0 Å². The molecule has 3 aromatic rings. The van der Waals surface area contributed by atoms with Crippen LogP contribution in [-0.2, 0) is 0 Å². The molecule has 1 aromatic heterocycles. The van der Waals surface area contributed by atoms with Crippen molar-refractivity contribution in [2.75, 3.05) is 31.4 Å². The van der Waals surface area contributed by atoms with Crippen molar-refractivity contribution in [3.8, 4) is 0 Å². The van der Waals surface area contributed by atoms with Crippen LogP contribution in [0.4, 0.5) is 16.2 Å². The van der Waals surface area contributed by atoms with E-state index in [1.165, 1.54) is 4.90 Å². The van der Waals surface area contributed by atoms with Crippen molar-refractivity contribution >= 4 is 57.4 Å². The molecule has 0 radical (unpaired) electrons. The Kier molecular flexibility index (Phi) is 5.96. The molecule has 150 valence electrons. The topological polar surface area (TPSA) is 65.5 Å². The predicted octanol–water partition coefficient (Wildman–Crippen LogP) is 5.22. The minimum Gasteiger partial charge on any atom is -0.330 e. The molecule has 2 aromatic carbocycles. The van der Waals surface area contributed by atoms with E-state index < -0.39 is 5.91 Å². The van der Waals surface area contributed by atoms with Gasteiger partial charge in [0, 0.05) is 32.7 Å². The highest BCUT2D eigenvalue weighted by atomic mass is 35.5. The van der Waals surface area contributed by atoms with Crippen LogP contribution in [0.3, 0.4) is 0 Å². The second-order valence-electron chi connectivity index (χ2n) is 6.78. The quantitative estimate of drug-likeness (QED) is 0.619. The van der Waals surface area contributed by atoms with Gasteiger partial charge in [0.2, 0.25) is 0 Å². The molecule has 6 nitrogen and oxygen atoms in total. The smallest absolute Gasteiger partial charge is 0.323 e. The molecule has 0 aliphatic heterocycles. The fourth-order valence-corrected chi connectivity index (χ4v) is 3.72. The van der Waals surface area contributed by atoms with Gasteiger partial charge in [-0.3, -0.25) is 14.7 Å². The van der Waals surface area contributed by atoms with E-state index in [0.29, 0.717) is 11.2 Å². The number of benzene rings is 2. The Bertz CT molecular complexity index is 1100. The van der Waals surface area contributed by atoms with Crippen LogP contribution in [0.25, 0.3) is 10.9 Å². The lowest BCUT2D eigenvalue weighted by Gasteiger charge is -2.25. The number of hydrogen-bond acceptors (Lipinski definition) is 3. The average Bonchev–Trinajstić information content (AvgIpc) is 2.66. The zero-order valence-corrected chi connectivity index (χ0v) is 18.0. The molecule has 0 bridgehead atoms. The standard InChI is InChI=1S/C21H20Cl2N4O2/c1-12-11-24-18-13(19(12)27(4)21(29)26(2)3)7-5-10-16(18)25-20(28)17-14(22)8-6-9-15(17)23/h5-11H,1-4H3,(H,25,28). The Morgan fingerprint density at radius 1 is 1.00 bits per heavy atom. The first-order valence-electron chi connectivity index (χ1n) is 8.81. The van der Waals surface area contributed by atoms with Gasteiger partial charge in [-0.05, 0) is 30.7 Å². The molecule has 0 saturated carbocycles. The number of carbonyl (C=O) groups excluding carboxylic acids is 2. The number of halogens is 2. The Morgan fingerprint density at radius 3 is 2.24 bits per heavy atom. The zero-order chi connectivity index (χ0) is 21.3. The van der Waals surface area contributed by atoms with E-state index >= 15 is 0 Å². The molecular formula is C21H20Cl2N4O2. The number of urea groups is 1. The lowest BCUT2D eigenvalue weighted by molar-refractivity contribution is 0.102. The highest BCUT2D eigenvalue weighted by molar-refractivity contribution is 6.40. The highest BCUT2D eigenvalue weighted by Crippen LogP contribution is 2.33. The molecule has 0 unspecified atom stereocenters. The molecule has 1 N–H and O–H groups in total. The van der Waals surface area contributed by atoms with Gasteiger partial charge in [-0.15, -0.1) is 0 Å². The number of pyridine rings is 1. The number of nitrogens with one attached hydrogen (secondary N) is 1. The van der Waals surface area contributed by atoms with Crippen LogP contribution in [0.5, 0.6) is 0 Å². The van der Waals surface area contributed by atoms with E-state index in [-0.39, 0.29) is 21.6 Å². The van der Waals surface area contributed by atoms with Crippen LogP contribution in [0.1, 0.15) is 15.9 Å². The summed E-state index contributed by atoms with van der Waals surface area (Å²) in [6, 6.07) is 10.1. The summed E-state index contributed by atoms with van der Waals surface area (Å²) in [7, 11) is 5.09. The van der Waals surface area contributed by atoms with Gasteiger partial charge in [-0.2, -0.15) is 0 Å². The first-order valence-corrected chi connectivity index (χ1v) is 9.56. The number of hydrogen-bond donors (Lipinski definition) is 1. The molecule has 0 spiro atoms. The summed E-state index contributed by atoms with van der Waals surface area (Å²) in [5.41, 5.74) is 2.81. The normalized spacial score (nSPS) is 10.7. The van der Waals surface area contributed by atoms with Gasteiger partial charge in [-0.1, -0.05) is 41.4 Å². The van der Waals surface area contributed by atoms with Gasteiger partial charge in [0.25, 0.3) is 5.91 Å². The van der Waals surface area contributed by atoms with E-state index in [9.17, 15) is 9.59 Å². The third-order valence-electron chi connectivity index (χ3n) is 4.49. The zero-order valence-electron chi connectivity index (χ0n) is 16.5. The van der Waals surface area contributed by atoms with E-state index in [4.69, 9.17) is 23.2 Å². The summed E-state index contributed by atoms with van der Waals surface area (Å²) in [6.45, 7) is 1.88. The molecule has 0 aliphatic carbocycles. The molecule has 0 aliphatic rings. The summed E-state index contributed by atoms with van der Waals surface area (Å²) in [6.07, 6.45) is 1.68. The summed E-state index contributed by atoms with van der Waals surface area (Å²) in [5, 5.41) is 4.10. The van der Waals surface area contributed by atoms with Crippen LogP contribution in [0, 0.1) is 6.92 Å². The predicted molar refractivity (Wildman–Crippen MR) is 118 cm³/mol. The van der Waals surface area contributed by atoms with Crippen LogP contribution in [-0.4, -0.2) is 43.0 Å². The SMILES string of the molecule is Cc1cnc2c(NC(=O)c3c(Cl)cccc3Cl)cccc2c1N(C)C(=O)N(C)C. The lowest BCUT2D eigenvalue weighted by atomic mass is 10.1. The Morgan fingerprint density at radius 2 is 1.62 bits per heavy atom. The van der Waals surface area contributed by atoms with E-state index in [1.54, 1.807) is 62.6 Å². The summed E-state index contributed by atoms with van der Waals surface area (Å²) < 4.78 is 0. The maximum Gasteiger partial charge on any atom is 0.323 e. The highest BCUT2D eigenvalue weighted by Gasteiger charge is 2.20. The van der Waals surface area contributed by atoms with Crippen LogP contribution in [0.2, 0.25) is 10.0 Å². The number of aromatic nitrogens is 1. The largest absolute Gasteiger partial charge is 0.330 e. The van der Waals surface area contributed by atoms with Crippen LogP contribution in [0.15, 0.2) is 42.6 Å². The van der Waals surface area contributed by atoms with Crippen molar-refractivity contribution in [1.29, 1.82) is 0 Å². The minimum absolute atomic E-state index is 0.169. The van der Waals surface area contributed by atoms with Gasteiger partial charge in [-0.25, -0.2) is 4.79 Å². The van der Waals surface area contributed by atoms with Crippen LogP contribution < -0.4 is 10.2 Å². The third-order valence-corrected chi connectivity index (χ3v) is 5.12. The van der Waals surface area contributed by atoms with Gasteiger partial charge in [0.1, 0.15) is 0 Å². The van der Waals surface area contributed by atoms with Gasteiger partial charge >= 0.3 is 6.03 Å². The maximum atomic E-state index is 12.8. The van der Waals surface area contributed by atoms with Gasteiger partial charge in [0.05, 0.1) is 32.5 Å². The molecule has 3 amide bonds. The minimum atomic E-state index is -0.435. The lowest BCUT2D eigenvalue weighted by Crippen LogP contribution is -2.36. The Balaban J connectivity index is 2.08. The molecule has 29 heavy (non-hydrogen) atoms. The number of amides is 3. The maximum absolute atomic E-state index is 12.8.